The van der Waals surface area contributed by atoms with Crippen molar-refractivity contribution in [3.05, 3.63) is 176 Å². The van der Waals surface area contributed by atoms with Gasteiger partial charge in [-0.25, -0.2) is 0 Å². The predicted octanol–water partition coefficient (Wildman–Crippen LogP) is 27.7. The molecule has 0 unspecified atom stereocenters. The summed E-state index contributed by atoms with van der Waals surface area (Å²) in [6.45, 7) is 26.7. The van der Waals surface area contributed by atoms with E-state index in [0.717, 1.165) is 111 Å². The van der Waals surface area contributed by atoms with E-state index in [4.69, 9.17) is 149 Å². The van der Waals surface area contributed by atoms with Gasteiger partial charge in [0.2, 0.25) is 0 Å². The molecule has 0 amide bonds. The minimum absolute atomic E-state index is 0. The van der Waals surface area contributed by atoms with Crippen molar-refractivity contribution in [2.45, 2.75) is 314 Å². The van der Waals surface area contributed by atoms with Crippen molar-refractivity contribution in [2.24, 2.45) is 0 Å². The van der Waals surface area contributed by atoms with Gasteiger partial charge in [0, 0.05) is 55.2 Å². The molecule has 0 atom stereocenters. The van der Waals surface area contributed by atoms with Crippen LogP contribution in [0.1, 0.15) is 304 Å². The summed E-state index contributed by atoms with van der Waals surface area (Å²) >= 11 is 59.8. The molecule has 0 saturated heterocycles. The van der Waals surface area contributed by atoms with Gasteiger partial charge in [-0.15, -0.1) is 0 Å². The molecule has 6 nitrogen and oxygen atoms in total. The molecule has 6 rings (SSSR count). The van der Waals surface area contributed by atoms with Crippen LogP contribution in [0.25, 0.3) is 0 Å². The minimum atomic E-state index is 0. The molecule has 0 aliphatic heterocycles. The van der Waals surface area contributed by atoms with Crippen LogP contribution in [0.3, 0.4) is 0 Å². The first-order valence-corrected chi connectivity index (χ1v) is 45.5. The van der Waals surface area contributed by atoms with Gasteiger partial charge in [-0.3, -0.25) is 0 Å². The first-order chi connectivity index (χ1) is 52.1. The first kappa shape index (κ1) is 106. The molecule has 0 saturated carbocycles. The molecule has 0 aromatic heterocycles. The van der Waals surface area contributed by atoms with Crippen LogP contribution in [-0.4, -0.2) is 25.9 Å². The van der Waals surface area contributed by atoms with E-state index in [1.807, 2.05) is 0 Å². The maximum atomic E-state index is 4.98. The SMILES string of the molecule is CCCCc1cccc(NC(=S)[S-])c1CCCC.CCCCc1cccc(NC(=S)[S-])c1CCCC.CCCCc1cccc(NC(=S)[S-])c1CCCC.CCCCc1cccc(NC(=S)[S-])c1CCCC.CCCCc1cccc(NC(=S)[S-])c1CCCC.CCCCc1cccc(NC(=S)[S-])c1CCCC.[Mo]. The van der Waals surface area contributed by atoms with Gasteiger partial charge in [0.05, 0.1) is 0 Å². The largest absolute Gasteiger partial charge is 0.411 e. The average molecular weight is 1780 g/mol. The van der Waals surface area contributed by atoms with Gasteiger partial charge in [-0.1, -0.05) is 259 Å². The van der Waals surface area contributed by atoms with Gasteiger partial charge in [0.15, 0.2) is 0 Å². The first-order valence-electron chi connectivity index (χ1n) is 40.6. The Morgan fingerprint density at radius 1 is 0.202 bits per heavy atom. The molecule has 19 heteroatoms. The van der Waals surface area contributed by atoms with E-state index in [0.29, 0.717) is 25.9 Å². The van der Waals surface area contributed by atoms with E-state index in [1.165, 1.54) is 221 Å². The Kier molecular flexibility index (Phi) is 65.9. The number of hydrogen-bond donors (Lipinski definition) is 6. The molecule has 0 spiro atoms. The van der Waals surface area contributed by atoms with Crippen LogP contribution in [0.5, 0.6) is 0 Å². The van der Waals surface area contributed by atoms with Gasteiger partial charge in [-0.2, -0.15) is 0 Å². The fraction of sp³-hybridized carbons (Fsp3) is 0.533. The third kappa shape index (κ3) is 47.3. The molecule has 109 heavy (non-hydrogen) atoms. The average Bonchev–Trinajstić information content (AvgIpc) is 0.890. The number of anilines is 6. The summed E-state index contributed by atoms with van der Waals surface area (Å²) < 4.78 is 2.59. The van der Waals surface area contributed by atoms with Crippen LogP contribution in [-0.2, 0) is 174 Å². The van der Waals surface area contributed by atoms with Crippen molar-refractivity contribution >= 4 is 209 Å². The van der Waals surface area contributed by atoms with Gasteiger partial charge in [0.1, 0.15) is 0 Å². The molecular weight excluding hydrogens is 1650 g/mol. The minimum Gasteiger partial charge on any atom is -0.411 e. The fourth-order valence-corrected chi connectivity index (χ4v) is 14.0. The number of hydrogen-bond acceptors (Lipinski definition) is 12. The van der Waals surface area contributed by atoms with E-state index in [9.17, 15) is 0 Å². The Morgan fingerprint density at radius 2 is 0.312 bits per heavy atom. The molecule has 6 N–H and O–H groups in total. The molecular formula is C90H132MoN6S12-6. The summed E-state index contributed by atoms with van der Waals surface area (Å²) in [5, 5.41) is 18.9. The predicted molar refractivity (Wildman–Crippen MR) is 524 cm³/mol. The van der Waals surface area contributed by atoms with Gasteiger partial charge < -0.3 is 181 Å². The number of nitrogens with one attached hydrogen (secondary N) is 6. The molecule has 606 valence electrons. The zero-order valence-electron chi connectivity index (χ0n) is 68.2. The van der Waals surface area contributed by atoms with Crippen molar-refractivity contribution < 1.29 is 21.1 Å². The Bertz CT molecular complexity index is 2920. The van der Waals surface area contributed by atoms with Crippen LogP contribution in [0.4, 0.5) is 34.1 Å². The van der Waals surface area contributed by atoms with Crippen molar-refractivity contribution in [3.8, 4) is 0 Å². The van der Waals surface area contributed by atoms with Crippen LogP contribution in [0.2, 0.25) is 0 Å². The molecule has 6 aromatic rings. The molecule has 0 fully saturated rings. The molecule has 0 aliphatic rings. The van der Waals surface area contributed by atoms with Crippen LogP contribution in [0.15, 0.2) is 109 Å². The van der Waals surface area contributed by atoms with Crippen molar-refractivity contribution in [1.29, 1.82) is 0 Å². The van der Waals surface area contributed by atoms with Crippen LogP contribution < -0.4 is 31.9 Å². The van der Waals surface area contributed by atoms with E-state index >= 15 is 0 Å². The summed E-state index contributed by atoms with van der Waals surface area (Å²) in [4.78, 5) is 0. The Balaban J connectivity index is 0.00000128. The van der Waals surface area contributed by atoms with Crippen molar-refractivity contribution in [1.82, 2.24) is 0 Å². The maximum absolute atomic E-state index is 4.98. The number of aryl methyl sites for hydroxylation is 6. The third-order valence-corrected chi connectivity index (χ3v) is 19.8. The quantitative estimate of drug-likeness (QED) is 0.0125. The number of rotatable bonds is 42. The normalized spacial score (nSPS) is 10.2. The number of thiocarbonyl (C=S) groups is 6. The summed E-state index contributed by atoms with van der Waals surface area (Å²) in [7, 11) is 0. The van der Waals surface area contributed by atoms with E-state index < -0.39 is 0 Å². The maximum Gasteiger partial charge on any atom is 0.0406 e. The van der Waals surface area contributed by atoms with E-state index in [1.54, 1.807) is 0 Å². The van der Waals surface area contributed by atoms with Gasteiger partial charge in [-0.05, 0) is 257 Å². The Morgan fingerprint density at radius 3 is 0.413 bits per heavy atom. The van der Waals surface area contributed by atoms with Gasteiger partial charge >= 0.3 is 0 Å². The molecule has 0 bridgehead atoms. The molecule has 6 aromatic carbocycles. The monoisotopic (exact) mass is 1780 g/mol. The number of unbranched alkanes of at least 4 members (excludes halogenated alkanes) is 12. The van der Waals surface area contributed by atoms with Crippen molar-refractivity contribution in [3.63, 3.8) is 0 Å². The Hall–Kier alpha value is -3.33. The van der Waals surface area contributed by atoms with Crippen LogP contribution in [0, 0.1) is 0 Å². The van der Waals surface area contributed by atoms with Crippen molar-refractivity contribution in [2.75, 3.05) is 31.9 Å². The topological polar surface area (TPSA) is 72.2 Å². The third-order valence-electron chi connectivity index (χ3n) is 18.5. The summed E-state index contributed by atoms with van der Waals surface area (Å²) in [6, 6.07) is 38.5. The smallest absolute Gasteiger partial charge is 0.0406 e. The summed E-state index contributed by atoms with van der Waals surface area (Å²) in [5.41, 5.74) is 23.7. The van der Waals surface area contributed by atoms with E-state index in [-0.39, 0.29) is 21.1 Å². The zero-order valence-corrected chi connectivity index (χ0v) is 80.0. The Labute approximate surface area is 744 Å². The summed E-state index contributed by atoms with van der Waals surface area (Å²) in [6.07, 6.45) is 42.8. The standard InChI is InChI=1S/6C15H23NS2.Mo/c6*1-3-5-8-12-9-7-11-14(16-15(17)18)13(12)10-6-4-2;/h6*7,9,11H,3-6,8,10H2,1-2H3,(H2,16,17,18);/p-6. The second kappa shape index (κ2) is 67.9. The molecule has 0 radical (unpaired) electrons. The number of benzene rings is 6. The van der Waals surface area contributed by atoms with Gasteiger partial charge in [0.25, 0.3) is 0 Å². The molecule has 0 heterocycles. The van der Waals surface area contributed by atoms with Crippen LogP contribution >= 0.6 is 73.3 Å². The van der Waals surface area contributed by atoms with E-state index in [2.05, 4.69) is 224 Å². The second-order valence-electron chi connectivity index (χ2n) is 27.4. The zero-order chi connectivity index (χ0) is 80.3. The second-order valence-corrected chi connectivity index (χ2v) is 33.8. The molecule has 0 aliphatic carbocycles. The fourth-order valence-electron chi connectivity index (χ4n) is 12.7. The summed E-state index contributed by atoms with van der Waals surface area (Å²) in [5.74, 6) is 0.